The zero-order valence-electron chi connectivity index (χ0n) is 17.4. The van der Waals surface area contributed by atoms with Crippen molar-refractivity contribution in [3.8, 4) is 0 Å². The molecule has 1 atom stereocenters. The molecule has 2 amide bonds. The Hall–Kier alpha value is -3.16. The van der Waals surface area contributed by atoms with Crippen LogP contribution in [-0.4, -0.2) is 67.6 Å². The van der Waals surface area contributed by atoms with Gasteiger partial charge >= 0.3 is 12.3 Å². The topological polar surface area (TPSA) is 90.9 Å². The molecule has 0 unspecified atom stereocenters. The second kappa shape index (κ2) is 9.00. The number of alkyl halides is 3. The maximum absolute atomic E-state index is 14.9. The van der Waals surface area contributed by atoms with E-state index in [4.69, 9.17) is 4.74 Å². The van der Waals surface area contributed by atoms with E-state index in [0.29, 0.717) is 48.9 Å². The number of benzene rings is 1. The molecule has 4 rings (SSSR count). The summed E-state index contributed by atoms with van der Waals surface area (Å²) in [5, 5.41) is 8.58. The van der Waals surface area contributed by atoms with E-state index in [0.717, 1.165) is 0 Å². The number of cyclic esters (lactones) is 1. The molecule has 0 saturated carbocycles. The molecule has 2 saturated heterocycles. The minimum absolute atomic E-state index is 0.168. The van der Waals surface area contributed by atoms with E-state index in [9.17, 15) is 27.2 Å². The molecular weight excluding hydrogens is 468 g/mol. The van der Waals surface area contributed by atoms with E-state index in [1.807, 2.05) is 0 Å². The molecule has 1 aromatic carbocycles. The Balaban J connectivity index is 1.38. The highest BCUT2D eigenvalue weighted by Crippen LogP contribution is 2.35. The molecule has 2 aliphatic rings. The molecule has 2 aliphatic heterocycles. The Morgan fingerprint density at radius 3 is 2.52 bits per heavy atom. The third-order valence-corrected chi connectivity index (χ3v) is 6.27. The molecule has 2 fully saturated rings. The number of nitrogens with zero attached hydrogens (tertiary/aromatic N) is 5. The number of aromatic nitrogens is 2. The molecule has 1 N–H and O–H groups in total. The smallest absolute Gasteiger partial charge is 0.442 e. The summed E-state index contributed by atoms with van der Waals surface area (Å²) in [6.07, 6.45) is -5.69. The van der Waals surface area contributed by atoms with Gasteiger partial charge in [0.05, 0.1) is 24.5 Å². The highest BCUT2D eigenvalue weighted by Gasteiger charge is 2.37. The lowest BCUT2D eigenvalue weighted by molar-refractivity contribution is -0.138. The molecule has 14 heteroatoms. The fraction of sp³-hybridized carbons (Fsp3) is 0.474. The second-order valence-corrected chi connectivity index (χ2v) is 8.51. The first-order valence-electron chi connectivity index (χ1n) is 10.0. The third-order valence-electron chi connectivity index (χ3n) is 5.24. The van der Waals surface area contributed by atoms with Gasteiger partial charge in [0.1, 0.15) is 11.9 Å². The standard InChI is InChI=1S/C19H20F4N6O3S/c1-11(30)24-9-13-10-29(18(31)32-13)12-2-3-15(14(20)8-12)27-4-6-28(7-5-27)17-26-25-16(33-17)19(21,22)23/h2-3,8,13H,4-7,9-10H2,1H3,(H,24,30)/t13-/m0/s1. The molecular formula is C19H20F4N6O3S. The molecule has 2 aromatic rings. The van der Waals surface area contributed by atoms with E-state index in [1.165, 1.54) is 17.9 Å². The summed E-state index contributed by atoms with van der Waals surface area (Å²) in [4.78, 5) is 27.9. The van der Waals surface area contributed by atoms with Crippen molar-refractivity contribution in [3.63, 3.8) is 0 Å². The average molecular weight is 488 g/mol. The SMILES string of the molecule is CC(=O)NC[C@H]1CN(c2ccc(N3CCN(c4nnc(C(F)(F)F)s4)CC3)c(F)c2)C(=O)O1. The molecule has 33 heavy (non-hydrogen) atoms. The first-order valence-corrected chi connectivity index (χ1v) is 10.9. The van der Waals surface area contributed by atoms with Gasteiger partial charge in [0.25, 0.3) is 0 Å². The molecule has 0 radical (unpaired) electrons. The Labute approximate surface area is 189 Å². The average Bonchev–Trinajstić information content (AvgIpc) is 3.39. The first-order chi connectivity index (χ1) is 15.6. The van der Waals surface area contributed by atoms with Crippen LogP contribution in [0.4, 0.5) is 38.9 Å². The number of halogens is 4. The number of piperazine rings is 1. The zero-order valence-corrected chi connectivity index (χ0v) is 18.2. The van der Waals surface area contributed by atoms with Crippen molar-refractivity contribution in [2.75, 3.05) is 54.0 Å². The Morgan fingerprint density at radius 1 is 1.21 bits per heavy atom. The van der Waals surface area contributed by atoms with Crippen molar-refractivity contribution in [2.24, 2.45) is 0 Å². The predicted octanol–water partition coefficient (Wildman–Crippen LogP) is 2.48. The minimum Gasteiger partial charge on any atom is -0.442 e. The quantitative estimate of drug-likeness (QED) is 0.647. The van der Waals surface area contributed by atoms with E-state index in [2.05, 4.69) is 15.5 Å². The molecule has 0 bridgehead atoms. The van der Waals surface area contributed by atoms with Gasteiger partial charge in [0.2, 0.25) is 16.0 Å². The summed E-state index contributed by atoms with van der Waals surface area (Å²) < 4.78 is 58.3. The predicted molar refractivity (Wildman–Crippen MR) is 112 cm³/mol. The van der Waals surface area contributed by atoms with Crippen LogP contribution in [0, 0.1) is 5.82 Å². The molecule has 0 spiro atoms. The van der Waals surface area contributed by atoms with Crippen LogP contribution in [0.2, 0.25) is 0 Å². The lowest BCUT2D eigenvalue weighted by Crippen LogP contribution is -2.46. The number of nitrogens with one attached hydrogen (secondary N) is 1. The lowest BCUT2D eigenvalue weighted by Gasteiger charge is -2.36. The van der Waals surface area contributed by atoms with Crippen LogP contribution in [0.1, 0.15) is 11.9 Å². The fourth-order valence-electron chi connectivity index (χ4n) is 3.61. The van der Waals surface area contributed by atoms with Crippen molar-refractivity contribution in [1.82, 2.24) is 15.5 Å². The number of carbonyl (C=O) groups excluding carboxylic acids is 2. The van der Waals surface area contributed by atoms with Gasteiger partial charge < -0.3 is 19.9 Å². The normalized spacial score (nSPS) is 19.1. The first kappa shape index (κ1) is 23.0. The summed E-state index contributed by atoms with van der Waals surface area (Å²) in [5.74, 6) is -0.777. The Kier molecular flexibility index (Phi) is 6.28. The van der Waals surface area contributed by atoms with Gasteiger partial charge in [-0.3, -0.25) is 9.69 Å². The number of amides is 2. The van der Waals surface area contributed by atoms with Gasteiger partial charge in [-0.25, -0.2) is 9.18 Å². The Morgan fingerprint density at radius 2 is 1.91 bits per heavy atom. The third kappa shape index (κ3) is 5.10. The number of hydrogen-bond acceptors (Lipinski definition) is 8. The highest BCUT2D eigenvalue weighted by atomic mass is 32.1. The van der Waals surface area contributed by atoms with Gasteiger partial charge in [0, 0.05) is 33.1 Å². The Bertz CT molecular complexity index is 1040. The molecule has 1 aromatic heterocycles. The fourth-order valence-corrected chi connectivity index (χ4v) is 4.38. The van der Waals surface area contributed by atoms with Gasteiger partial charge in [-0.05, 0) is 18.2 Å². The summed E-state index contributed by atoms with van der Waals surface area (Å²) in [6, 6.07) is 4.40. The molecule has 0 aliphatic carbocycles. The lowest BCUT2D eigenvalue weighted by atomic mass is 10.2. The molecule has 178 valence electrons. The number of ether oxygens (including phenoxy) is 1. The van der Waals surface area contributed by atoms with Crippen LogP contribution < -0.4 is 20.0 Å². The minimum atomic E-state index is -4.53. The van der Waals surface area contributed by atoms with E-state index in [-0.39, 0.29) is 24.1 Å². The summed E-state index contributed by atoms with van der Waals surface area (Å²) in [5.41, 5.74) is 0.660. The molecule has 3 heterocycles. The van der Waals surface area contributed by atoms with Gasteiger partial charge in [-0.1, -0.05) is 11.3 Å². The van der Waals surface area contributed by atoms with Gasteiger partial charge in [0.15, 0.2) is 0 Å². The van der Waals surface area contributed by atoms with Crippen LogP contribution in [0.3, 0.4) is 0 Å². The van der Waals surface area contributed by atoms with Crippen LogP contribution in [0.5, 0.6) is 0 Å². The van der Waals surface area contributed by atoms with Crippen LogP contribution >= 0.6 is 11.3 Å². The number of rotatable bonds is 5. The van der Waals surface area contributed by atoms with Crippen molar-refractivity contribution in [3.05, 3.63) is 29.0 Å². The number of anilines is 3. The summed E-state index contributed by atoms with van der Waals surface area (Å²) in [7, 11) is 0. The van der Waals surface area contributed by atoms with E-state index < -0.39 is 29.2 Å². The number of carbonyl (C=O) groups is 2. The van der Waals surface area contributed by atoms with E-state index >= 15 is 0 Å². The van der Waals surface area contributed by atoms with Crippen LogP contribution in [0.25, 0.3) is 0 Å². The maximum Gasteiger partial charge on any atom is 0.445 e. The molecule has 9 nitrogen and oxygen atoms in total. The largest absolute Gasteiger partial charge is 0.445 e. The van der Waals surface area contributed by atoms with E-state index in [1.54, 1.807) is 21.9 Å². The van der Waals surface area contributed by atoms with Crippen molar-refractivity contribution < 1.29 is 31.9 Å². The van der Waals surface area contributed by atoms with Crippen LogP contribution in [0.15, 0.2) is 18.2 Å². The second-order valence-electron chi connectivity index (χ2n) is 7.55. The maximum atomic E-state index is 14.9. The zero-order chi connectivity index (χ0) is 23.8. The van der Waals surface area contributed by atoms with Gasteiger partial charge in [-0.15, -0.1) is 10.2 Å². The van der Waals surface area contributed by atoms with Crippen LogP contribution in [-0.2, 0) is 15.7 Å². The van der Waals surface area contributed by atoms with Crippen molar-refractivity contribution in [1.29, 1.82) is 0 Å². The summed E-state index contributed by atoms with van der Waals surface area (Å²) >= 11 is 0.482. The van der Waals surface area contributed by atoms with Crippen molar-refractivity contribution >= 4 is 39.8 Å². The number of hydrogen-bond donors (Lipinski definition) is 1. The van der Waals surface area contributed by atoms with Gasteiger partial charge in [-0.2, -0.15) is 13.2 Å². The van der Waals surface area contributed by atoms with Crippen molar-refractivity contribution in [2.45, 2.75) is 19.2 Å². The monoisotopic (exact) mass is 488 g/mol. The summed E-state index contributed by atoms with van der Waals surface area (Å²) in [6.45, 7) is 3.17. The highest BCUT2D eigenvalue weighted by molar-refractivity contribution is 7.15.